The van der Waals surface area contributed by atoms with E-state index in [0.717, 1.165) is 10.9 Å². The first kappa shape index (κ1) is 17.7. The van der Waals surface area contributed by atoms with E-state index in [1.54, 1.807) is 12.3 Å². The molecule has 9 heteroatoms. The number of nitrogens with zero attached hydrogens (tertiary/aromatic N) is 1. The topological polar surface area (TPSA) is 140 Å². The van der Waals surface area contributed by atoms with Crippen LogP contribution in [0.15, 0.2) is 30.5 Å². The second-order valence-electron chi connectivity index (χ2n) is 4.38. The van der Waals surface area contributed by atoms with E-state index in [9.17, 15) is 8.42 Å². The number of aromatic nitrogens is 1. The second kappa shape index (κ2) is 7.05. The molecule has 0 unspecified atom stereocenters. The van der Waals surface area contributed by atoms with Gasteiger partial charge in [-0.15, -0.1) is 0 Å². The van der Waals surface area contributed by atoms with Crippen molar-refractivity contribution in [2.45, 2.75) is 6.42 Å². The Hall–Kier alpha value is -2.39. The Bertz CT molecular complexity index is 782. The van der Waals surface area contributed by atoms with E-state index in [2.05, 4.69) is 0 Å². The highest BCUT2D eigenvalue weighted by Crippen LogP contribution is 2.22. The van der Waals surface area contributed by atoms with E-state index < -0.39 is 22.0 Å². The molecule has 0 aliphatic rings. The first-order valence-corrected chi connectivity index (χ1v) is 7.99. The normalized spacial score (nSPS) is 10.8. The second-order valence-corrected chi connectivity index (χ2v) is 6.24. The summed E-state index contributed by atoms with van der Waals surface area (Å²) in [6.07, 6.45) is 3.54. The van der Waals surface area contributed by atoms with E-state index in [4.69, 9.17) is 25.5 Å². The molecular weight excluding hydrogens is 312 g/mol. The summed E-state index contributed by atoms with van der Waals surface area (Å²) in [7, 11) is -3.25. The Morgan fingerprint density at radius 1 is 1.18 bits per heavy atom. The van der Waals surface area contributed by atoms with Gasteiger partial charge in [0.1, 0.15) is 0 Å². The molecule has 0 amide bonds. The molecule has 1 heterocycles. The highest BCUT2D eigenvalue weighted by atomic mass is 32.2. The molecule has 0 saturated carbocycles. The van der Waals surface area contributed by atoms with E-state index >= 15 is 0 Å². The summed E-state index contributed by atoms with van der Waals surface area (Å²) in [5.74, 6) is -3.65. The van der Waals surface area contributed by atoms with Crippen molar-refractivity contribution < 1.29 is 28.2 Å². The molecule has 120 valence electrons. The van der Waals surface area contributed by atoms with Crippen molar-refractivity contribution in [3.63, 3.8) is 0 Å². The van der Waals surface area contributed by atoms with Crippen LogP contribution in [0, 0.1) is 0 Å². The minimum Gasteiger partial charge on any atom is -0.473 e. The van der Waals surface area contributed by atoms with Gasteiger partial charge in [-0.25, -0.2) is 22.0 Å². The number of carboxylic acid groups (broad SMARTS) is 2. The van der Waals surface area contributed by atoms with E-state index in [1.807, 2.05) is 18.2 Å². The molecule has 0 bridgehead atoms. The zero-order valence-electron chi connectivity index (χ0n) is 11.8. The first-order chi connectivity index (χ1) is 10.2. The Labute approximate surface area is 126 Å². The van der Waals surface area contributed by atoms with Crippen LogP contribution in [0.5, 0.6) is 0 Å². The van der Waals surface area contributed by atoms with Crippen molar-refractivity contribution in [3.8, 4) is 0 Å². The average Bonchev–Trinajstić information content (AvgIpc) is 2.79. The summed E-state index contributed by atoms with van der Waals surface area (Å²) < 4.78 is 24.5. The lowest BCUT2D eigenvalue weighted by Crippen LogP contribution is -2.09. The molecule has 0 saturated heterocycles. The quantitative estimate of drug-likeness (QED) is 0.679. The van der Waals surface area contributed by atoms with Gasteiger partial charge in [0, 0.05) is 11.6 Å². The number of nitrogens with two attached hydrogens (primary N) is 1. The molecule has 0 aliphatic carbocycles. The molecule has 0 aliphatic heterocycles. The summed E-state index contributed by atoms with van der Waals surface area (Å²) >= 11 is 0. The van der Waals surface area contributed by atoms with Gasteiger partial charge in [0.2, 0.25) is 10.0 Å². The van der Waals surface area contributed by atoms with Gasteiger partial charge in [0.05, 0.1) is 11.8 Å². The fourth-order valence-corrected chi connectivity index (χ4v) is 2.68. The summed E-state index contributed by atoms with van der Waals surface area (Å²) in [6.45, 7) is 0.512. The summed E-state index contributed by atoms with van der Waals surface area (Å²) in [6, 6.07) is 7.45. The van der Waals surface area contributed by atoms with Crippen LogP contribution in [0.2, 0.25) is 0 Å². The zero-order chi connectivity index (χ0) is 16.9. The molecule has 2 aromatic rings. The highest BCUT2D eigenvalue weighted by Gasteiger charge is 2.13. The van der Waals surface area contributed by atoms with Gasteiger partial charge >= 0.3 is 11.9 Å². The number of benzene rings is 1. The zero-order valence-corrected chi connectivity index (χ0v) is 12.6. The number of carbonyl (C=O) groups is 2. The van der Waals surface area contributed by atoms with Crippen LogP contribution < -0.4 is 5.73 Å². The highest BCUT2D eigenvalue weighted by molar-refractivity contribution is 7.89. The van der Waals surface area contributed by atoms with E-state index in [-0.39, 0.29) is 0 Å². The lowest BCUT2D eigenvalue weighted by molar-refractivity contribution is -0.159. The van der Waals surface area contributed by atoms with Gasteiger partial charge < -0.3 is 15.9 Å². The maximum absolute atomic E-state index is 11.6. The Morgan fingerprint density at radius 3 is 2.18 bits per heavy atom. The summed E-state index contributed by atoms with van der Waals surface area (Å²) in [5, 5.41) is 15.7. The lowest BCUT2D eigenvalue weighted by atomic mass is 10.1. The maximum Gasteiger partial charge on any atom is 0.414 e. The van der Waals surface area contributed by atoms with Crippen molar-refractivity contribution in [1.29, 1.82) is 0 Å². The molecule has 1 aromatic carbocycles. The van der Waals surface area contributed by atoms with E-state index in [1.165, 1.54) is 10.2 Å². The summed E-state index contributed by atoms with van der Waals surface area (Å²) in [4.78, 5) is 18.2. The Morgan fingerprint density at radius 2 is 1.73 bits per heavy atom. The molecule has 2 rings (SSSR count). The van der Waals surface area contributed by atoms with Gasteiger partial charge in [0.25, 0.3) is 0 Å². The standard InChI is InChI=1S/C11H14N2O2S.C2H2O4/c1-16(14,15)13-8-9(6-7-12)10-4-2-3-5-11(10)13;3-1(4)2(5)6/h2-5,8H,6-7,12H2,1H3;(H,3,4)(H,5,6). The van der Waals surface area contributed by atoms with Crippen LogP contribution >= 0.6 is 0 Å². The van der Waals surface area contributed by atoms with Crippen molar-refractivity contribution in [1.82, 2.24) is 3.97 Å². The SMILES string of the molecule is CS(=O)(=O)n1cc(CCN)c2ccccc21.O=C(O)C(=O)O. The lowest BCUT2D eigenvalue weighted by Gasteiger charge is -2.00. The van der Waals surface area contributed by atoms with Crippen molar-refractivity contribution in [3.05, 3.63) is 36.0 Å². The van der Waals surface area contributed by atoms with Gasteiger partial charge in [0.15, 0.2) is 0 Å². The fraction of sp³-hybridized carbons (Fsp3) is 0.231. The molecule has 1 aromatic heterocycles. The summed E-state index contributed by atoms with van der Waals surface area (Å²) in [5.41, 5.74) is 7.20. The van der Waals surface area contributed by atoms with Crippen LogP contribution in [-0.2, 0) is 26.0 Å². The monoisotopic (exact) mass is 328 g/mol. The van der Waals surface area contributed by atoms with Gasteiger partial charge in [-0.05, 0) is 24.6 Å². The number of rotatable bonds is 3. The minimum atomic E-state index is -3.25. The smallest absolute Gasteiger partial charge is 0.414 e. The predicted octanol–water partition coefficient (Wildman–Crippen LogP) is 0.106. The number of carboxylic acids is 2. The third-order valence-electron chi connectivity index (χ3n) is 2.71. The molecule has 0 spiro atoms. The van der Waals surface area contributed by atoms with E-state index in [0.29, 0.717) is 18.5 Å². The minimum absolute atomic E-state index is 0.512. The maximum atomic E-state index is 11.6. The van der Waals surface area contributed by atoms with Crippen molar-refractivity contribution in [2.75, 3.05) is 12.8 Å². The molecule has 8 nitrogen and oxygen atoms in total. The molecule has 4 N–H and O–H groups in total. The van der Waals surface area contributed by atoms with Gasteiger partial charge in [-0.3, -0.25) is 0 Å². The number of fused-ring (bicyclic) bond motifs is 1. The largest absolute Gasteiger partial charge is 0.473 e. The molecule has 22 heavy (non-hydrogen) atoms. The molecule has 0 atom stereocenters. The van der Waals surface area contributed by atoms with Gasteiger partial charge in [-0.1, -0.05) is 18.2 Å². The number of hydrogen-bond donors (Lipinski definition) is 3. The Balaban J connectivity index is 0.000000346. The number of hydrogen-bond acceptors (Lipinski definition) is 5. The molecule has 0 radical (unpaired) electrons. The van der Waals surface area contributed by atoms with Crippen molar-refractivity contribution >= 4 is 32.9 Å². The average molecular weight is 328 g/mol. The molecule has 0 fully saturated rings. The third-order valence-corrected chi connectivity index (χ3v) is 3.73. The van der Waals surface area contributed by atoms with Crippen LogP contribution in [0.3, 0.4) is 0 Å². The predicted molar refractivity (Wildman–Crippen MR) is 80.2 cm³/mol. The first-order valence-electron chi connectivity index (χ1n) is 6.14. The third kappa shape index (κ3) is 4.30. The fourth-order valence-electron chi connectivity index (χ4n) is 1.85. The van der Waals surface area contributed by atoms with Crippen LogP contribution in [-0.4, -0.2) is 47.3 Å². The van der Waals surface area contributed by atoms with Crippen LogP contribution in [0.1, 0.15) is 5.56 Å². The number of aliphatic carboxylic acids is 2. The van der Waals surface area contributed by atoms with Crippen molar-refractivity contribution in [2.24, 2.45) is 5.73 Å². The van der Waals surface area contributed by atoms with Crippen LogP contribution in [0.25, 0.3) is 10.9 Å². The molecular formula is C13H16N2O6S. The Kier molecular flexibility index (Phi) is 5.66. The van der Waals surface area contributed by atoms with Crippen LogP contribution in [0.4, 0.5) is 0 Å². The van der Waals surface area contributed by atoms with Gasteiger partial charge in [-0.2, -0.15) is 0 Å². The number of para-hydroxylation sites is 1.